The lowest BCUT2D eigenvalue weighted by Gasteiger charge is -2.34. The van der Waals surface area contributed by atoms with Gasteiger partial charge in [-0.15, -0.1) is 0 Å². The molecule has 0 amide bonds. The van der Waals surface area contributed by atoms with Crippen LogP contribution >= 0.6 is 11.6 Å². The van der Waals surface area contributed by atoms with Crippen molar-refractivity contribution < 1.29 is 4.39 Å². The minimum Gasteiger partial charge on any atom is -0.310 e. The Morgan fingerprint density at radius 3 is 2.89 bits per heavy atom. The molecule has 0 spiro atoms. The van der Waals surface area contributed by atoms with E-state index in [0.717, 1.165) is 18.0 Å². The normalized spacial score (nSPS) is 25.3. The number of benzene rings is 1. The van der Waals surface area contributed by atoms with Crippen LogP contribution in [0.25, 0.3) is 0 Å². The molecule has 3 unspecified atom stereocenters. The Morgan fingerprint density at radius 2 is 2.21 bits per heavy atom. The number of rotatable bonds is 4. The Kier molecular flexibility index (Phi) is 5.23. The van der Waals surface area contributed by atoms with Gasteiger partial charge >= 0.3 is 0 Å². The molecule has 1 nitrogen and oxygen atoms in total. The Hall–Kier alpha value is -0.600. The standard InChI is InChI=1S/C16H23ClFN/c1-3-19-16(12-6-4-5-11(2)9-12)14-10-13(18)7-8-15(14)17/h7-8,10-12,16,19H,3-6,9H2,1-2H3. The predicted octanol–water partition coefficient (Wildman–Crippen LogP) is 4.96. The van der Waals surface area contributed by atoms with Gasteiger partial charge in [0, 0.05) is 11.1 Å². The smallest absolute Gasteiger partial charge is 0.123 e. The molecule has 106 valence electrons. The van der Waals surface area contributed by atoms with E-state index in [-0.39, 0.29) is 11.9 Å². The van der Waals surface area contributed by atoms with Gasteiger partial charge in [0.1, 0.15) is 5.82 Å². The van der Waals surface area contributed by atoms with E-state index in [0.29, 0.717) is 10.9 Å². The molecule has 1 saturated carbocycles. The highest BCUT2D eigenvalue weighted by molar-refractivity contribution is 6.31. The summed E-state index contributed by atoms with van der Waals surface area (Å²) < 4.78 is 13.5. The molecular formula is C16H23ClFN. The molecule has 19 heavy (non-hydrogen) atoms. The topological polar surface area (TPSA) is 12.0 Å². The van der Waals surface area contributed by atoms with Crippen LogP contribution in [0.2, 0.25) is 5.02 Å². The van der Waals surface area contributed by atoms with Crippen molar-refractivity contribution in [1.82, 2.24) is 5.32 Å². The first-order valence-corrected chi connectivity index (χ1v) is 7.68. The predicted molar refractivity (Wildman–Crippen MR) is 78.9 cm³/mol. The van der Waals surface area contributed by atoms with Crippen LogP contribution < -0.4 is 5.32 Å². The first-order chi connectivity index (χ1) is 9.11. The van der Waals surface area contributed by atoms with Gasteiger partial charge in [0.05, 0.1) is 0 Å². The van der Waals surface area contributed by atoms with E-state index in [2.05, 4.69) is 19.2 Å². The molecular weight excluding hydrogens is 261 g/mol. The second kappa shape index (κ2) is 6.71. The summed E-state index contributed by atoms with van der Waals surface area (Å²) >= 11 is 6.28. The summed E-state index contributed by atoms with van der Waals surface area (Å²) in [5.74, 6) is 1.11. The molecule has 1 aliphatic carbocycles. The molecule has 1 aromatic carbocycles. The summed E-state index contributed by atoms with van der Waals surface area (Å²) in [5.41, 5.74) is 0.919. The Morgan fingerprint density at radius 1 is 1.42 bits per heavy atom. The maximum absolute atomic E-state index is 13.5. The van der Waals surface area contributed by atoms with Gasteiger partial charge in [-0.3, -0.25) is 0 Å². The van der Waals surface area contributed by atoms with Crippen LogP contribution in [0.4, 0.5) is 4.39 Å². The van der Waals surface area contributed by atoms with Crippen molar-refractivity contribution >= 4 is 11.6 Å². The van der Waals surface area contributed by atoms with Gasteiger partial charge in [-0.2, -0.15) is 0 Å². The van der Waals surface area contributed by atoms with E-state index < -0.39 is 0 Å². The number of nitrogens with one attached hydrogen (secondary N) is 1. The zero-order valence-corrected chi connectivity index (χ0v) is 12.5. The van der Waals surface area contributed by atoms with Crippen LogP contribution in [-0.2, 0) is 0 Å². The van der Waals surface area contributed by atoms with Crippen LogP contribution in [0.5, 0.6) is 0 Å². The van der Waals surface area contributed by atoms with Crippen molar-refractivity contribution in [2.75, 3.05) is 6.54 Å². The Balaban J connectivity index is 2.25. The van der Waals surface area contributed by atoms with Crippen LogP contribution in [0, 0.1) is 17.7 Å². The molecule has 3 atom stereocenters. The van der Waals surface area contributed by atoms with Crippen LogP contribution in [0.15, 0.2) is 18.2 Å². The van der Waals surface area contributed by atoms with E-state index in [1.54, 1.807) is 12.1 Å². The Labute approximate surface area is 120 Å². The van der Waals surface area contributed by atoms with E-state index in [1.165, 1.54) is 31.7 Å². The zero-order valence-electron chi connectivity index (χ0n) is 11.8. The minimum atomic E-state index is -0.203. The lowest BCUT2D eigenvalue weighted by atomic mass is 9.76. The summed E-state index contributed by atoms with van der Waals surface area (Å²) in [4.78, 5) is 0. The molecule has 0 heterocycles. The first-order valence-electron chi connectivity index (χ1n) is 7.30. The third-order valence-corrected chi connectivity index (χ3v) is 4.51. The van der Waals surface area contributed by atoms with Gasteiger partial charge < -0.3 is 5.32 Å². The van der Waals surface area contributed by atoms with Crippen LogP contribution in [0.1, 0.15) is 51.1 Å². The highest BCUT2D eigenvalue weighted by Crippen LogP contribution is 2.39. The fraction of sp³-hybridized carbons (Fsp3) is 0.625. The van der Waals surface area contributed by atoms with Crippen molar-refractivity contribution in [2.45, 2.75) is 45.6 Å². The first kappa shape index (κ1) is 14.8. The SMILES string of the molecule is CCNC(c1cc(F)ccc1Cl)C1CCCC(C)C1. The van der Waals surface area contributed by atoms with Crippen molar-refractivity contribution in [2.24, 2.45) is 11.8 Å². The Bertz CT molecular complexity index is 421. The summed E-state index contributed by atoms with van der Waals surface area (Å²) in [6.07, 6.45) is 4.98. The molecule has 1 fully saturated rings. The van der Waals surface area contributed by atoms with Crippen molar-refractivity contribution in [3.63, 3.8) is 0 Å². The quantitative estimate of drug-likeness (QED) is 0.824. The molecule has 0 aliphatic heterocycles. The summed E-state index contributed by atoms with van der Waals surface area (Å²) in [6.45, 7) is 5.27. The molecule has 3 heteroatoms. The highest BCUT2D eigenvalue weighted by atomic mass is 35.5. The third kappa shape index (κ3) is 3.70. The number of halogens is 2. The van der Waals surface area contributed by atoms with E-state index in [1.807, 2.05) is 0 Å². The molecule has 0 aromatic heterocycles. The molecule has 0 bridgehead atoms. The summed E-state index contributed by atoms with van der Waals surface area (Å²) in [6, 6.07) is 4.87. The van der Waals surface area contributed by atoms with Crippen LogP contribution in [0.3, 0.4) is 0 Å². The molecule has 1 aromatic rings. The van der Waals surface area contributed by atoms with Gasteiger partial charge in [0.15, 0.2) is 0 Å². The molecule has 0 saturated heterocycles. The monoisotopic (exact) mass is 283 g/mol. The van der Waals surface area contributed by atoms with E-state index in [4.69, 9.17) is 11.6 Å². The maximum atomic E-state index is 13.5. The van der Waals surface area contributed by atoms with Crippen molar-refractivity contribution in [1.29, 1.82) is 0 Å². The van der Waals surface area contributed by atoms with Gasteiger partial charge in [-0.05, 0) is 55.0 Å². The van der Waals surface area contributed by atoms with Gasteiger partial charge in [0.2, 0.25) is 0 Å². The minimum absolute atomic E-state index is 0.177. The van der Waals surface area contributed by atoms with Crippen LogP contribution in [-0.4, -0.2) is 6.54 Å². The van der Waals surface area contributed by atoms with Gasteiger partial charge in [-0.25, -0.2) is 4.39 Å². The molecule has 2 rings (SSSR count). The second-order valence-corrected chi connectivity index (χ2v) is 6.14. The molecule has 1 aliphatic rings. The second-order valence-electron chi connectivity index (χ2n) is 5.73. The summed E-state index contributed by atoms with van der Waals surface area (Å²) in [5, 5.41) is 4.18. The third-order valence-electron chi connectivity index (χ3n) is 4.17. The molecule has 1 N–H and O–H groups in total. The van der Waals surface area contributed by atoms with Crippen molar-refractivity contribution in [3.05, 3.63) is 34.6 Å². The summed E-state index contributed by atoms with van der Waals surface area (Å²) in [7, 11) is 0. The maximum Gasteiger partial charge on any atom is 0.123 e. The van der Waals surface area contributed by atoms with Gasteiger partial charge in [0.25, 0.3) is 0 Å². The average molecular weight is 284 g/mol. The van der Waals surface area contributed by atoms with E-state index in [9.17, 15) is 4.39 Å². The number of hydrogen-bond acceptors (Lipinski definition) is 1. The van der Waals surface area contributed by atoms with E-state index >= 15 is 0 Å². The highest BCUT2D eigenvalue weighted by Gasteiger charge is 2.28. The lowest BCUT2D eigenvalue weighted by Crippen LogP contribution is -2.31. The lowest BCUT2D eigenvalue weighted by molar-refractivity contribution is 0.225. The molecule has 0 radical (unpaired) electrons. The largest absolute Gasteiger partial charge is 0.310 e. The fourth-order valence-electron chi connectivity index (χ4n) is 3.29. The van der Waals surface area contributed by atoms with Gasteiger partial charge in [-0.1, -0.05) is 38.3 Å². The van der Waals surface area contributed by atoms with Crippen molar-refractivity contribution in [3.8, 4) is 0 Å². The zero-order chi connectivity index (χ0) is 13.8. The average Bonchev–Trinajstić information content (AvgIpc) is 2.39. The fourth-order valence-corrected chi connectivity index (χ4v) is 3.52. The number of hydrogen-bond donors (Lipinski definition) is 1.